The van der Waals surface area contributed by atoms with Crippen molar-refractivity contribution in [2.75, 3.05) is 0 Å². The Morgan fingerprint density at radius 3 is 2.72 bits per heavy atom. The van der Waals surface area contributed by atoms with Crippen molar-refractivity contribution in [1.29, 1.82) is 0 Å². The normalized spacial score (nSPS) is 20.4. The molecule has 2 fully saturated rings. The number of fused-ring (bicyclic) bond motifs is 1. The van der Waals surface area contributed by atoms with E-state index in [9.17, 15) is 4.79 Å². The molecule has 0 aliphatic heterocycles. The van der Waals surface area contributed by atoms with Gasteiger partial charge in [-0.2, -0.15) is 0 Å². The minimum atomic E-state index is -0.0312. The van der Waals surface area contributed by atoms with Crippen molar-refractivity contribution in [3.8, 4) is 0 Å². The van der Waals surface area contributed by atoms with Crippen LogP contribution in [0.5, 0.6) is 0 Å². The van der Waals surface area contributed by atoms with Gasteiger partial charge in [-0.3, -0.25) is 4.79 Å². The topological polar surface area (TPSA) is 65.1 Å². The van der Waals surface area contributed by atoms with E-state index < -0.39 is 0 Å². The van der Waals surface area contributed by atoms with Crippen LogP contribution in [0.3, 0.4) is 0 Å². The second kappa shape index (κ2) is 6.29. The molecule has 0 saturated heterocycles. The van der Waals surface area contributed by atoms with Gasteiger partial charge >= 0.3 is 0 Å². The maximum Gasteiger partial charge on any atom is 0.258 e. The summed E-state index contributed by atoms with van der Waals surface area (Å²) >= 11 is 1.52. The largest absolute Gasteiger partial charge is 0.318 e. The number of benzene rings is 1. The highest BCUT2D eigenvalue weighted by atomic mass is 32.2. The van der Waals surface area contributed by atoms with Crippen LogP contribution in [0, 0.1) is 5.41 Å². The van der Waals surface area contributed by atoms with Crippen LogP contribution >= 0.6 is 11.9 Å². The lowest BCUT2D eigenvalue weighted by molar-refractivity contribution is 0.561. The average Bonchev–Trinajstić information content (AvgIpc) is 3.56. The Morgan fingerprint density at radius 1 is 1.24 bits per heavy atom. The molecule has 0 unspecified atom stereocenters. The first-order valence-corrected chi connectivity index (χ1v) is 10.8. The third-order valence-electron chi connectivity index (χ3n) is 5.90. The molecule has 29 heavy (non-hydrogen) atoms. The van der Waals surface area contributed by atoms with Crippen molar-refractivity contribution in [2.45, 2.75) is 50.8 Å². The van der Waals surface area contributed by atoms with Crippen LogP contribution in [0.15, 0.2) is 45.9 Å². The van der Waals surface area contributed by atoms with Gasteiger partial charge < -0.3 is 4.57 Å². The van der Waals surface area contributed by atoms with E-state index in [1.165, 1.54) is 31.2 Å². The molecule has 0 radical (unpaired) electrons. The van der Waals surface area contributed by atoms with Crippen molar-refractivity contribution in [1.82, 2.24) is 19.6 Å². The molecule has 2 aromatic heterocycles. The van der Waals surface area contributed by atoms with Crippen LogP contribution in [0.2, 0.25) is 0 Å². The van der Waals surface area contributed by atoms with Crippen LogP contribution < -0.4 is 5.56 Å². The summed E-state index contributed by atoms with van der Waals surface area (Å²) in [6.45, 7) is 6.40. The molecule has 7 heteroatoms. The second-order valence-corrected chi connectivity index (χ2v) is 10.9. The number of hydrogen-bond donors (Lipinski definition) is 0. The second-order valence-electron chi connectivity index (χ2n) is 9.31. The molecule has 3 aromatic rings. The van der Waals surface area contributed by atoms with Crippen molar-refractivity contribution in [2.24, 2.45) is 16.9 Å². The highest BCUT2D eigenvalue weighted by molar-refractivity contribution is 7.99. The molecule has 6 nitrogen and oxygen atoms in total. The summed E-state index contributed by atoms with van der Waals surface area (Å²) in [4.78, 5) is 12.6. The van der Waals surface area contributed by atoms with Gasteiger partial charge in [-0.1, -0.05) is 17.3 Å². The average molecular weight is 408 g/mol. The lowest BCUT2D eigenvalue weighted by Crippen LogP contribution is -2.17. The Balaban J connectivity index is 1.63. The number of pyridine rings is 1. The van der Waals surface area contributed by atoms with Gasteiger partial charge in [0.1, 0.15) is 11.4 Å². The summed E-state index contributed by atoms with van der Waals surface area (Å²) in [5.41, 5.74) is 2.96. The zero-order valence-electron chi connectivity index (χ0n) is 17.2. The minimum Gasteiger partial charge on any atom is -0.318 e. The van der Waals surface area contributed by atoms with E-state index in [1.54, 1.807) is 17.8 Å². The van der Waals surface area contributed by atoms with Crippen molar-refractivity contribution >= 4 is 28.4 Å². The zero-order valence-corrected chi connectivity index (χ0v) is 18.0. The first kappa shape index (κ1) is 18.6. The number of aryl methyl sites for hydroxylation is 1. The van der Waals surface area contributed by atoms with Crippen LogP contribution in [-0.4, -0.2) is 30.0 Å². The molecule has 1 atom stereocenters. The molecule has 2 aliphatic carbocycles. The van der Waals surface area contributed by atoms with Crippen molar-refractivity contribution < 1.29 is 0 Å². The van der Waals surface area contributed by atoms with E-state index in [1.807, 2.05) is 35.1 Å². The molecule has 0 N–H and O–H groups in total. The molecule has 0 amide bonds. The Kier molecular flexibility index (Phi) is 4.04. The highest BCUT2D eigenvalue weighted by Gasteiger charge is 2.64. The summed E-state index contributed by atoms with van der Waals surface area (Å²) in [6.07, 6.45) is 7.66. The fourth-order valence-corrected chi connectivity index (χ4v) is 4.49. The van der Waals surface area contributed by atoms with Gasteiger partial charge in [-0.05, 0) is 74.9 Å². The predicted octanol–water partition coefficient (Wildman–Crippen LogP) is 4.14. The van der Waals surface area contributed by atoms with E-state index in [4.69, 9.17) is 4.40 Å². The molecule has 2 aliphatic rings. The molecule has 2 saturated carbocycles. The SMILES string of the molecule is Cn1ccc2c(C(=NSC(C)(C)C)c3cn([C@@H]4CC45CC5)nn3)cccc2c1=O. The number of nitrogens with zero attached hydrogens (tertiary/aromatic N) is 5. The Morgan fingerprint density at radius 2 is 2.03 bits per heavy atom. The highest BCUT2D eigenvalue weighted by Crippen LogP contribution is 2.72. The van der Waals surface area contributed by atoms with E-state index in [2.05, 4.69) is 31.1 Å². The van der Waals surface area contributed by atoms with Crippen molar-refractivity contribution in [3.05, 3.63) is 58.3 Å². The van der Waals surface area contributed by atoms with Gasteiger partial charge in [-0.25, -0.2) is 9.08 Å². The standard InChI is InChI=1S/C22H25N5OS/c1-21(2,3)29-24-19(17-13-27(25-23-17)18-12-22(18)9-10-22)15-6-5-7-16-14(15)8-11-26(4)20(16)28/h5-8,11,13,18H,9-10,12H2,1-4H3/t18-/m1/s1. The van der Waals surface area contributed by atoms with Crippen LogP contribution in [0.25, 0.3) is 10.8 Å². The number of hydrogen-bond acceptors (Lipinski definition) is 5. The monoisotopic (exact) mass is 407 g/mol. The van der Waals surface area contributed by atoms with E-state index in [0.29, 0.717) is 16.8 Å². The summed E-state index contributed by atoms with van der Waals surface area (Å²) in [6, 6.07) is 8.27. The van der Waals surface area contributed by atoms with Gasteiger partial charge in [0.25, 0.3) is 5.56 Å². The maximum absolute atomic E-state index is 12.6. The third kappa shape index (κ3) is 3.31. The van der Waals surface area contributed by atoms with Crippen LogP contribution in [-0.2, 0) is 7.05 Å². The first-order valence-electron chi connectivity index (χ1n) is 10.0. The summed E-state index contributed by atoms with van der Waals surface area (Å²) in [7, 11) is 1.77. The molecule has 1 aromatic carbocycles. The fourth-order valence-electron chi connectivity index (χ4n) is 3.93. The quantitative estimate of drug-likeness (QED) is 0.482. The van der Waals surface area contributed by atoms with Gasteiger partial charge in [-0.15, -0.1) is 5.10 Å². The number of rotatable bonds is 4. The Labute approximate surface area is 174 Å². The third-order valence-corrected chi connectivity index (χ3v) is 6.72. The Bertz CT molecular complexity index is 1200. The molecular weight excluding hydrogens is 382 g/mol. The Hall–Kier alpha value is -2.41. The van der Waals surface area contributed by atoms with Crippen LogP contribution in [0.4, 0.5) is 0 Å². The maximum atomic E-state index is 12.6. The summed E-state index contributed by atoms with van der Waals surface area (Å²) in [5, 5.41) is 10.5. The predicted molar refractivity (Wildman–Crippen MR) is 118 cm³/mol. The lowest BCUT2D eigenvalue weighted by Gasteiger charge is -2.15. The van der Waals surface area contributed by atoms with Gasteiger partial charge in [0, 0.05) is 28.9 Å². The lowest BCUT2D eigenvalue weighted by atomic mass is 10.0. The molecular formula is C22H25N5OS. The molecule has 0 bridgehead atoms. The van der Waals surface area contributed by atoms with Gasteiger partial charge in [0.15, 0.2) is 0 Å². The molecule has 2 heterocycles. The van der Waals surface area contributed by atoms with Crippen LogP contribution in [0.1, 0.15) is 57.3 Å². The molecule has 1 spiro atoms. The van der Waals surface area contributed by atoms with Gasteiger partial charge in [0.2, 0.25) is 0 Å². The number of aromatic nitrogens is 4. The van der Waals surface area contributed by atoms with E-state index in [0.717, 1.165) is 22.4 Å². The molecule has 150 valence electrons. The smallest absolute Gasteiger partial charge is 0.258 e. The summed E-state index contributed by atoms with van der Waals surface area (Å²) < 4.78 is 8.48. The molecule has 5 rings (SSSR count). The zero-order chi connectivity index (χ0) is 20.4. The first-order chi connectivity index (χ1) is 13.8. The van der Waals surface area contributed by atoms with Gasteiger partial charge in [0.05, 0.1) is 12.2 Å². The minimum absolute atomic E-state index is 0.00974. The van der Waals surface area contributed by atoms with E-state index in [-0.39, 0.29) is 10.3 Å². The van der Waals surface area contributed by atoms with E-state index >= 15 is 0 Å². The fraction of sp³-hybridized carbons (Fsp3) is 0.455. The van der Waals surface area contributed by atoms with Crippen molar-refractivity contribution in [3.63, 3.8) is 0 Å². The summed E-state index contributed by atoms with van der Waals surface area (Å²) in [5.74, 6) is 0.